The smallest absolute Gasteiger partial charge is 0.334 e. The van der Waals surface area contributed by atoms with Crippen molar-refractivity contribution in [1.82, 2.24) is 10.4 Å². The van der Waals surface area contributed by atoms with Crippen LogP contribution >= 0.6 is 0 Å². The van der Waals surface area contributed by atoms with Gasteiger partial charge in [0.1, 0.15) is 7.28 Å². The van der Waals surface area contributed by atoms with E-state index in [0.29, 0.717) is 11.4 Å². The van der Waals surface area contributed by atoms with Crippen LogP contribution in [0.4, 0.5) is 0 Å². The van der Waals surface area contributed by atoms with Gasteiger partial charge in [-0.2, -0.15) is 0 Å². The molecule has 1 aliphatic heterocycles. The summed E-state index contributed by atoms with van der Waals surface area (Å²) in [6.45, 7) is 2.01. The third kappa shape index (κ3) is 4.19. The summed E-state index contributed by atoms with van der Waals surface area (Å²) in [6, 6.07) is 0. The number of nitrogens with zero attached hydrogens (tertiary/aromatic N) is 1. The molecule has 0 aromatic carbocycles. The maximum atomic E-state index is 11.3. The van der Waals surface area contributed by atoms with E-state index in [0.717, 1.165) is 7.28 Å². The van der Waals surface area contributed by atoms with Crippen LogP contribution in [0.3, 0.4) is 0 Å². The van der Waals surface area contributed by atoms with Crippen LogP contribution in [0.2, 0.25) is 13.1 Å². The number of hydroxylamine groups is 2. The van der Waals surface area contributed by atoms with Gasteiger partial charge in [-0.15, -0.1) is 5.06 Å². The van der Waals surface area contributed by atoms with Crippen LogP contribution in [0.5, 0.6) is 0 Å². The monoisotopic (exact) mass is 254 g/mol. The molecule has 0 saturated carbocycles. The Morgan fingerprint density at radius 2 is 1.94 bits per heavy atom. The van der Waals surface area contributed by atoms with Crippen LogP contribution in [0.15, 0.2) is 0 Å². The van der Waals surface area contributed by atoms with Gasteiger partial charge in [0.25, 0.3) is 11.8 Å². The first-order chi connectivity index (χ1) is 8.54. The van der Waals surface area contributed by atoms with Crippen molar-refractivity contribution in [3.63, 3.8) is 0 Å². The molecule has 7 nitrogen and oxygen atoms in total. The van der Waals surface area contributed by atoms with Crippen molar-refractivity contribution >= 4 is 31.0 Å². The van der Waals surface area contributed by atoms with Crippen molar-refractivity contribution in [3.05, 3.63) is 0 Å². The Labute approximate surface area is 105 Å². The summed E-state index contributed by atoms with van der Waals surface area (Å²) in [5.41, 5.74) is 0. The SMILES string of the molecule is CBCC(=O)NCCC(=O)ON1C(=O)CCC1=O. The maximum Gasteiger partial charge on any atom is 0.334 e. The fraction of sp³-hybridized carbons (Fsp3) is 0.600. The van der Waals surface area contributed by atoms with E-state index in [1.165, 1.54) is 0 Å². The molecule has 1 rings (SSSR count). The van der Waals surface area contributed by atoms with Gasteiger partial charge in [0.05, 0.1) is 6.42 Å². The molecule has 3 amide bonds. The van der Waals surface area contributed by atoms with Gasteiger partial charge in [-0.1, -0.05) is 6.82 Å². The Hall–Kier alpha value is -1.86. The first-order valence-electron chi connectivity index (χ1n) is 5.88. The molecule has 0 aromatic rings. The lowest BCUT2D eigenvalue weighted by Gasteiger charge is -2.12. The van der Waals surface area contributed by atoms with E-state index < -0.39 is 17.8 Å². The van der Waals surface area contributed by atoms with Crippen LogP contribution in [-0.2, 0) is 24.0 Å². The Morgan fingerprint density at radius 1 is 1.33 bits per heavy atom. The van der Waals surface area contributed by atoms with E-state index in [1.54, 1.807) is 0 Å². The standard InChI is InChI=1S/C10H15BN2O5/c1-11-6-7(14)12-5-4-10(17)18-13-8(15)2-3-9(13)16/h11H,2-6H2,1H3,(H,12,14). The Morgan fingerprint density at radius 3 is 2.50 bits per heavy atom. The van der Waals surface area contributed by atoms with E-state index in [9.17, 15) is 19.2 Å². The van der Waals surface area contributed by atoms with E-state index in [4.69, 9.17) is 0 Å². The van der Waals surface area contributed by atoms with Crippen molar-refractivity contribution in [2.45, 2.75) is 32.4 Å². The summed E-state index contributed by atoms with van der Waals surface area (Å²) < 4.78 is 0. The molecular weight excluding hydrogens is 239 g/mol. The van der Waals surface area contributed by atoms with E-state index in [2.05, 4.69) is 10.2 Å². The van der Waals surface area contributed by atoms with E-state index >= 15 is 0 Å². The fourth-order valence-electron chi connectivity index (χ4n) is 1.42. The zero-order chi connectivity index (χ0) is 13.5. The van der Waals surface area contributed by atoms with Gasteiger partial charge in [0, 0.05) is 25.7 Å². The number of nitrogens with one attached hydrogen (secondary N) is 1. The van der Waals surface area contributed by atoms with Gasteiger partial charge in [0.15, 0.2) is 0 Å². The molecule has 0 atom stereocenters. The molecule has 1 aliphatic rings. The zero-order valence-corrected chi connectivity index (χ0v) is 10.2. The van der Waals surface area contributed by atoms with Gasteiger partial charge in [-0.3, -0.25) is 14.4 Å². The van der Waals surface area contributed by atoms with Crippen molar-refractivity contribution in [2.24, 2.45) is 0 Å². The minimum Gasteiger partial charge on any atom is -0.356 e. The zero-order valence-electron chi connectivity index (χ0n) is 10.2. The molecule has 1 saturated heterocycles. The van der Waals surface area contributed by atoms with Crippen molar-refractivity contribution in [3.8, 4) is 0 Å². The van der Waals surface area contributed by atoms with Gasteiger partial charge >= 0.3 is 5.97 Å². The third-order valence-corrected chi connectivity index (χ3v) is 2.33. The highest BCUT2D eigenvalue weighted by atomic mass is 16.7. The van der Waals surface area contributed by atoms with E-state index in [1.807, 2.05) is 6.82 Å². The molecule has 0 radical (unpaired) electrons. The van der Waals surface area contributed by atoms with Crippen LogP contribution in [0, 0.1) is 0 Å². The molecule has 0 aliphatic carbocycles. The molecule has 18 heavy (non-hydrogen) atoms. The molecule has 0 bridgehead atoms. The molecule has 0 unspecified atom stereocenters. The fourth-order valence-corrected chi connectivity index (χ4v) is 1.42. The average Bonchev–Trinajstić information content (AvgIpc) is 2.61. The highest BCUT2D eigenvalue weighted by Gasteiger charge is 2.32. The van der Waals surface area contributed by atoms with Gasteiger partial charge < -0.3 is 10.2 Å². The first kappa shape index (κ1) is 14.2. The molecule has 1 heterocycles. The van der Waals surface area contributed by atoms with Crippen molar-refractivity contribution in [1.29, 1.82) is 0 Å². The number of amides is 3. The summed E-state index contributed by atoms with van der Waals surface area (Å²) in [7, 11) is 0.729. The lowest BCUT2D eigenvalue weighted by molar-refractivity contribution is -0.197. The molecule has 0 aromatic heterocycles. The second-order valence-electron chi connectivity index (χ2n) is 3.90. The van der Waals surface area contributed by atoms with Crippen LogP contribution < -0.4 is 5.32 Å². The second kappa shape index (κ2) is 6.78. The topological polar surface area (TPSA) is 92.8 Å². The quantitative estimate of drug-likeness (QED) is 0.485. The highest BCUT2D eigenvalue weighted by Crippen LogP contribution is 2.12. The van der Waals surface area contributed by atoms with Gasteiger partial charge in [0.2, 0.25) is 5.91 Å². The summed E-state index contributed by atoms with van der Waals surface area (Å²) >= 11 is 0. The number of imide groups is 1. The summed E-state index contributed by atoms with van der Waals surface area (Å²) in [5.74, 6) is -1.87. The van der Waals surface area contributed by atoms with Crippen molar-refractivity contribution in [2.75, 3.05) is 6.54 Å². The maximum absolute atomic E-state index is 11.3. The molecule has 8 heteroatoms. The molecule has 98 valence electrons. The number of rotatable bonds is 6. The highest BCUT2D eigenvalue weighted by molar-refractivity contribution is 6.39. The van der Waals surface area contributed by atoms with Gasteiger partial charge in [-0.25, -0.2) is 4.79 Å². The number of carbonyl (C=O) groups excluding carboxylic acids is 4. The third-order valence-electron chi connectivity index (χ3n) is 2.33. The Balaban J connectivity index is 2.23. The Kier molecular flexibility index (Phi) is 5.35. The summed E-state index contributed by atoms with van der Waals surface area (Å²) in [5, 5.41) is 3.03. The minimum absolute atomic E-state index is 0.0688. The number of hydrogen-bond acceptors (Lipinski definition) is 5. The van der Waals surface area contributed by atoms with Gasteiger partial charge in [-0.05, 0) is 0 Å². The van der Waals surface area contributed by atoms with Crippen LogP contribution in [0.25, 0.3) is 0 Å². The normalized spacial score (nSPS) is 14.6. The molecular formula is C10H15BN2O5. The summed E-state index contributed by atoms with van der Waals surface area (Å²) in [4.78, 5) is 49.3. The summed E-state index contributed by atoms with van der Waals surface area (Å²) in [6.07, 6.45) is 0.462. The molecule has 1 fully saturated rings. The molecule has 0 spiro atoms. The van der Waals surface area contributed by atoms with E-state index in [-0.39, 0.29) is 31.7 Å². The second-order valence-corrected chi connectivity index (χ2v) is 3.90. The van der Waals surface area contributed by atoms with Crippen molar-refractivity contribution < 1.29 is 24.0 Å². The first-order valence-corrected chi connectivity index (χ1v) is 5.88. The van der Waals surface area contributed by atoms with Crippen LogP contribution in [0.1, 0.15) is 19.3 Å². The molecule has 1 N–H and O–H groups in total. The van der Waals surface area contributed by atoms with Crippen LogP contribution in [-0.4, -0.2) is 42.6 Å². The number of carbonyl (C=O) groups is 4. The minimum atomic E-state index is -0.713. The number of hydrogen-bond donors (Lipinski definition) is 1. The predicted octanol–water partition coefficient (Wildman–Crippen LogP) is -0.997. The largest absolute Gasteiger partial charge is 0.356 e. The Bertz CT molecular complexity index is 355. The lowest BCUT2D eigenvalue weighted by Crippen LogP contribution is -2.33. The average molecular weight is 254 g/mol. The lowest BCUT2D eigenvalue weighted by atomic mass is 9.78. The predicted molar refractivity (Wildman–Crippen MR) is 62.6 cm³/mol.